The molecule has 0 bridgehead atoms. The highest BCUT2D eigenvalue weighted by Crippen LogP contribution is 2.13. The van der Waals surface area contributed by atoms with Gasteiger partial charge < -0.3 is 0 Å². The average Bonchev–Trinajstić information content (AvgIpc) is 2.82. The van der Waals surface area contributed by atoms with Gasteiger partial charge in [0.2, 0.25) is 5.78 Å². The SMILES string of the molecule is O=C(c1ccccc1)[C@@H](F)n1cncn1. The molecule has 5 heteroatoms. The summed E-state index contributed by atoms with van der Waals surface area (Å²) in [7, 11) is 0. The fourth-order valence-electron chi connectivity index (χ4n) is 1.19. The maximum Gasteiger partial charge on any atom is 0.255 e. The lowest BCUT2D eigenvalue weighted by Gasteiger charge is -2.06. The minimum Gasteiger partial charge on any atom is -0.289 e. The maximum absolute atomic E-state index is 13.6. The topological polar surface area (TPSA) is 47.8 Å². The van der Waals surface area contributed by atoms with Gasteiger partial charge in [0.1, 0.15) is 12.7 Å². The first-order chi connectivity index (χ1) is 7.29. The first-order valence-electron chi connectivity index (χ1n) is 4.36. The zero-order valence-electron chi connectivity index (χ0n) is 7.75. The van der Waals surface area contributed by atoms with Gasteiger partial charge in [0.25, 0.3) is 6.30 Å². The van der Waals surface area contributed by atoms with E-state index in [1.54, 1.807) is 30.3 Å². The van der Waals surface area contributed by atoms with Crippen molar-refractivity contribution in [3.8, 4) is 0 Å². The van der Waals surface area contributed by atoms with Gasteiger partial charge in [0.15, 0.2) is 0 Å². The van der Waals surface area contributed by atoms with E-state index in [4.69, 9.17) is 0 Å². The molecular formula is C10H8FN3O. The van der Waals surface area contributed by atoms with E-state index in [0.29, 0.717) is 5.56 Å². The summed E-state index contributed by atoms with van der Waals surface area (Å²) in [6.45, 7) is 0. The van der Waals surface area contributed by atoms with Gasteiger partial charge in [-0.1, -0.05) is 30.3 Å². The third-order valence-electron chi connectivity index (χ3n) is 1.94. The quantitative estimate of drug-likeness (QED) is 0.715. The number of carbonyl (C=O) groups excluding carboxylic acids is 1. The lowest BCUT2D eigenvalue weighted by molar-refractivity contribution is 0.0779. The highest BCUT2D eigenvalue weighted by molar-refractivity contribution is 5.97. The molecule has 15 heavy (non-hydrogen) atoms. The maximum atomic E-state index is 13.6. The van der Waals surface area contributed by atoms with Gasteiger partial charge in [-0.2, -0.15) is 5.10 Å². The summed E-state index contributed by atoms with van der Waals surface area (Å²) in [5.41, 5.74) is 0.320. The molecule has 4 nitrogen and oxygen atoms in total. The van der Waals surface area contributed by atoms with E-state index in [2.05, 4.69) is 10.1 Å². The van der Waals surface area contributed by atoms with Crippen molar-refractivity contribution in [3.05, 3.63) is 48.5 Å². The molecule has 1 heterocycles. The molecule has 0 unspecified atom stereocenters. The van der Waals surface area contributed by atoms with Crippen molar-refractivity contribution in [2.75, 3.05) is 0 Å². The summed E-state index contributed by atoms with van der Waals surface area (Å²) in [6, 6.07) is 8.25. The Balaban J connectivity index is 2.23. The van der Waals surface area contributed by atoms with Crippen LogP contribution in [0.5, 0.6) is 0 Å². The van der Waals surface area contributed by atoms with E-state index in [1.165, 1.54) is 12.7 Å². The van der Waals surface area contributed by atoms with E-state index in [-0.39, 0.29) is 0 Å². The third-order valence-corrected chi connectivity index (χ3v) is 1.94. The van der Waals surface area contributed by atoms with Gasteiger partial charge in [-0.05, 0) is 0 Å². The van der Waals surface area contributed by atoms with Crippen LogP contribution in [-0.2, 0) is 0 Å². The molecule has 0 aliphatic heterocycles. The van der Waals surface area contributed by atoms with Crippen LogP contribution in [0.1, 0.15) is 16.7 Å². The predicted octanol–water partition coefficient (Wildman–Crippen LogP) is 1.63. The fraction of sp³-hybridized carbons (Fsp3) is 0.100. The summed E-state index contributed by atoms with van der Waals surface area (Å²) in [5.74, 6) is -0.624. The highest BCUT2D eigenvalue weighted by atomic mass is 19.1. The number of aromatic nitrogens is 3. The van der Waals surface area contributed by atoms with Crippen molar-refractivity contribution in [2.45, 2.75) is 6.30 Å². The summed E-state index contributed by atoms with van der Waals surface area (Å²) in [6.07, 6.45) is 0.547. The molecular weight excluding hydrogens is 197 g/mol. The van der Waals surface area contributed by atoms with Crippen molar-refractivity contribution < 1.29 is 9.18 Å². The molecule has 0 saturated heterocycles. The van der Waals surface area contributed by atoms with Crippen LogP contribution in [-0.4, -0.2) is 20.5 Å². The number of benzene rings is 1. The van der Waals surface area contributed by atoms with Crippen LogP contribution in [0.25, 0.3) is 0 Å². The second kappa shape index (κ2) is 4.00. The number of rotatable bonds is 3. The Morgan fingerprint density at radius 2 is 2.07 bits per heavy atom. The lowest BCUT2D eigenvalue weighted by atomic mass is 10.1. The number of hydrogen-bond donors (Lipinski definition) is 0. The fourth-order valence-corrected chi connectivity index (χ4v) is 1.19. The normalized spacial score (nSPS) is 12.3. The van der Waals surface area contributed by atoms with Crippen LogP contribution < -0.4 is 0 Å². The molecule has 0 amide bonds. The Morgan fingerprint density at radius 1 is 1.33 bits per heavy atom. The van der Waals surface area contributed by atoms with Crippen LogP contribution in [0.3, 0.4) is 0 Å². The Hall–Kier alpha value is -2.04. The molecule has 0 N–H and O–H groups in total. The number of carbonyl (C=O) groups is 1. The summed E-state index contributed by atoms with van der Waals surface area (Å²) in [4.78, 5) is 15.2. The summed E-state index contributed by atoms with van der Waals surface area (Å²) < 4.78 is 14.4. The number of Topliss-reactive ketones (excluding diaryl/α,β-unsaturated/α-hetero) is 1. The first kappa shape index (κ1) is 9.51. The second-order valence-corrected chi connectivity index (χ2v) is 2.94. The van der Waals surface area contributed by atoms with E-state index in [0.717, 1.165) is 4.68 Å². The van der Waals surface area contributed by atoms with Gasteiger partial charge in [-0.15, -0.1) is 0 Å². The molecule has 2 aromatic rings. The van der Waals surface area contributed by atoms with Crippen LogP contribution in [0.4, 0.5) is 4.39 Å². The van der Waals surface area contributed by atoms with Gasteiger partial charge in [0, 0.05) is 5.56 Å². The molecule has 0 spiro atoms. The molecule has 0 fully saturated rings. The van der Waals surface area contributed by atoms with E-state index < -0.39 is 12.1 Å². The predicted molar refractivity (Wildman–Crippen MR) is 50.9 cm³/mol. The van der Waals surface area contributed by atoms with Gasteiger partial charge in [-0.25, -0.2) is 14.1 Å². The average molecular weight is 205 g/mol. The van der Waals surface area contributed by atoms with Crippen LogP contribution in [0, 0.1) is 0 Å². The molecule has 1 atom stereocenters. The van der Waals surface area contributed by atoms with Gasteiger partial charge in [0.05, 0.1) is 0 Å². The van der Waals surface area contributed by atoms with Gasteiger partial charge >= 0.3 is 0 Å². The number of alkyl halides is 1. The van der Waals surface area contributed by atoms with E-state index in [9.17, 15) is 9.18 Å². The lowest BCUT2D eigenvalue weighted by Crippen LogP contribution is -2.15. The zero-order valence-corrected chi connectivity index (χ0v) is 7.75. The number of ketones is 1. The van der Waals surface area contributed by atoms with Crippen LogP contribution in [0.15, 0.2) is 43.0 Å². The number of halogens is 1. The largest absolute Gasteiger partial charge is 0.289 e. The Morgan fingerprint density at radius 3 is 2.67 bits per heavy atom. The van der Waals surface area contributed by atoms with Crippen molar-refractivity contribution in [3.63, 3.8) is 0 Å². The standard InChI is InChI=1S/C10H8FN3O/c11-10(14-7-12-6-13-14)9(15)8-4-2-1-3-5-8/h1-7,10H/t10-/m0/s1. The van der Waals surface area contributed by atoms with Crippen molar-refractivity contribution in [1.29, 1.82) is 0 Å². The van der Waals surface area contributed by atoms with E-state index in [1.807, 2.05) is 0 Å². The van der Waals surface area contributed by atoms with Crippen LogP contribution >= 0.6 is 0 Å². The Kier molecular flexibility index (Phi) is 2.53. The first-order valence-corrected chi connectivity index (χ1v) is 4.36. The molecule has 2 rings (SSSR count). The number of nitrogens with zero attached hydrogens (tertiary/aromatic N) is 3. The van der Waals surface area contributed by atoms with Gasteiger partial charge in [-0.3, -0.25) is 4.79 Å². The molecule has 0 aliphatic rings. The molecule has 0 aliphatic carbocycles. The third kappa shape index (κ3) is 1.90. The van der Waals surface area contributed by atoms with Crippen LogP contribution in [0.2, 0.25) is 0 Å². The summed E-state index contributed by atoms with van der Waals surface area (Å²) in [5, 5.41) is 3.57. The molecule has 0 radical (unpaired) electrons. The van der Waals surface area contributed by atoms with E-state index >= 15 is 0 Å². The van der Waals surface area contributed by atoms with Crippen molar-refractivity contribution >= 4 is 5.78 Å². The smallest absolute Gasteiger partial charge is 0.255 e. The Bertz CT molecular complexity index is 441. The monoisotopic (exact) mass is 205 g/mol. The molecule has 1 aromatic heterocycles. The summed E-state index contributed by atoms with van der Waals surface area (Å²) >= 11 is 0. The molecule has 0 saturated carbocycles. The molecule has 1 aromatic carbocycles. The highest BCUT2D eigenvalue weighted by Gasteiger charge is 2.20. The minimum absolute atomic E-state index is 0.320. The Labute approximate surface area is 85.4 Å². The number of hydrogen-bond acceptors (Lipinski definition) is 3. The van der Waals surface area contributed by atoms with Crippen molar-refractivity contribution in [1.82, 2.24) is 14.8 Å². The molecule has 76 valence electrons. The van der Waals surface area contributed by atoms with Crippen molar-refractivity contribution in [2.24, 2.45) is 0 Å². The second-order valence-electron chi connectivity index (χ2n) is 2.94. The zero-order chi connectivity index (χ0) is 10.7. The minimum atomic E-state index is -1.81.